The minimum Gasteiger partial charge on any atom is -0.462 e. The van der Waals surface area contributed by atoms with E-state index in [0.29, 0.717) is 17.9 Å². The average Bonchev–Trinajstić information content (AvgIpc) is 2.56. The molecule has 0 saturated heterocycles. The third-order valence-electron chi connectivity index (χ3n) is 3.30. The Morgan fingerprint density at radius 3 is 2.30 bits per heavy atom. The number of hydrogen-bond acceptors (Lipinski definition) is 3. The second-order valence-corrected chi connectivity index (χ2v) is 5.03. The third-order valence-corrected chi connectivity index (χ3v) is 3.30. The monoisotopic (exact) mass is 312 g/mol. The number of hydrogen-bond donors (Lipinski definition) is 2. The van der Waals surface area contributed by atoms with E-state index in [1.807, 2.05) is 37.3 Å². The highest BCUT2D eigenvalue weighted by Crippen LogP contribution is 2.13. The van der Waals surface area contributed by atoms with Gasteiger partial charge in [0.05, 0.1) is 18.2 Å². The van der Waals surface area contributed by atoms with Crippen LogP contribution in [0, 0.1) is 0 Å². The number of carbonyl (C=O) groups is 2. The minimum absolute atomic E-state index is 0.102. The maximum absolute atomic E-state index is 12.0. The van der Waals surface area contributed by atoms with E-state index in [9.17, 15) is 9.59 Å². The highest BCUT2D eigenvalue weighted by atomic mass is 16.5. The second kappa shape index (κ2) is 7.98. The molecule has 0 heterocycles. The summed E-state index contributed by atoms with van der Waals surface area (Å²) in [5.41, 5.74) is 2.09. The van der Waals surface area contributed by atoms with Gasteiger partial charge < -0.3 is 15.4 Å². The van der Waals surface area contributed by atoms with Crippen LogP contribution < -0.4 is 10.6 Å². The van der Waals surface area contributed by atoms with Crippen molar-refractivity contribution < 1.29 is 14.3 Å². The quantitative estimate of drug-likeness (QED) is 0.826. The van der Waals surface area contributed by atoms with E-state index in [0.717, 1.165) is 5.56 Å². The molecule has 2 N–H and O–H groups in total. The molecule has 5 heteroatoms. The zero-order valence-electron chi connectivity index (χ0n) is 13.2. The molecule has 0 saturated carbocycles. The van der Waals surface area contributed by atoms with Gasteiger partial charge in [-0.05, 0) is 43.7 Å². The Labute approximate surface area is 135 Å². The van der Waals surface area contributed by atoms with Gasteiger partial charge in [0.15, 0.2) is 0 Å². The van der Waals surface area contributed by atoms with Crippen molar-refractivity contribution in [3.05, 3.63) is 65.7 Å². The van der Waals surface area contributed by atoms with Crippen LogP contribution in [0.2, 0.25) is 0 Å². The van der Waals surface area contributed by atoms with Gasteiger partial charge in [-0.1, -0.05) is 30.3 Å². The maximum atomic E-state index is 12.0. The van der Waals surface area contributed by atoms with Gasteiger partial charge in [-0.25, -0.2) is 9.59 Å². The summed E-state index contributed by atoms with van der Waals surface area (Å²) in [6, 6.07) is 15.9. The zero-order valence-corrected chi connectivity index (χ0v) is 13.2. The number of urea groups is 1. The SMILES string of the molecule is CCOC(=O)c1ccc(NC(=O)N[C@@H](C)c2ccccc2)cc1. The summed E-state index contributed by atoms with van der Waals surface area (Å²) in [6.45, 7) is 4.00. The molecule has 23 heavy (non-hydrogen) atoms. The van der Waals surface area contributed by atoms with Crippen LogP contribution in [0.3, 0.4) is 0 Å². The smallest absolute Gasteiger partial charge is 0.338 e. The number of nitrogens with one attached hydrogen (secondary N) is 2. The van der Waals surface area contributed by atoms with Crippen molar-refractivity contribution in [2.75, 3.05) is 11.9 Å². The van der Waals surface area contributed by atoms with Gasteiger partial charge in [-0.2, -0.15) is 0 Å². The van der Waals surface area contributed by atoms with Crippen LogP contribution in [-0.2, 0) is 4.74 Å². The van der Waals surface area contributed by atoms with Gasteiger partial charge >= 0.3 is 12.0 Å². The standard InChI is InChI=1S/C18H20N2O3/c1-3-23-17(21)15-9-11-16(12-10-15)20-18(22)19-13(2)14-7-5-4-6-8-14/h4-13H,3H2,1-2H3,(H2,19,20,22)/t13-/m0/s1. The van der Waals surface area contributed by atoms with Gasteiger partial charge in [0.25, 0.3) is 0 Å². The van der Waals surface area contributed by atoms with Crippen LogP contribution in [0.15, 0.2) is 54.6 Å². The first-order valence-corrected chi connectivity index (χ1v) is 7.49. The lowest BCUT2D eigenvalue weighted by Crippen LogP contribution is -2.31. The number of amides is 2. The Morgan fingerprint density at radius 1 is 1.04 bits per heavy atom. The van der Waals surface area contributed by atoms with Gasteiger partial charge in [0.2, 0.25) is 0 Å². The Bertz CT molecular complexity index is 654. The summed E-state index contributed by atoms with van der Waals surface area (Å²) in [6.07, 6.45) is 0. The van der Waals surface area contributed by atoms with Gasteiger partial charge in [-0.15, -0.1) is 0 Å². The molecule has 0 aliphatic heterocycles. The van der Waals surface area contributed by atoms with Crippen molar-refractivity contribution >= 4 is 17.7 Å². The summed E-state index contributed by atoms with van der Waals surface area (Å²) in [4.78, 5) is 23.6. The average molecular weight is 312 g/mol. The molecule has 2 aromatic carbocycles. The van der Waals surface area contributed by atoms with E-state index < -0.39 is 0 Å². The van der Waals surface area contributed by atoms with E-state index >= 15 is 0 Å². The fourth-order valence-corrected chi connectivity index (χ4v) is 2.09. The van der Waals surface area contributed by atoms with Crippen LogP contribution in [0.25, 0.3) is 0 Å². The number of anilines is 1. The summed E-state index contributed by atoms with van der Waals surface area (Å²) in [5, 5.41) is 5.60. The van der Waals surface area contributed by atoms with Crippen LogP contribution in [0.5, 0.6) is 0 Å². The van der Waals surface area contributed by atoms with Gasteiger partial charge in [0, 0.05) is 5.69 Å². The van der Waals surface area contributed by atoms with Crippen molar-refractivity contribution in [1.82, 2.24) is 5.32 Å². The molecular formula is C18H20N2O3. The first-order valence-electron chi connectivity index (χ1n) is 7.49. The predicted octanol–water partition coefficient (Wildman–Crippen LogP) is 3.75. The summed E-state index contributed by atoms with van der Waals surface area (Å²) in [7, 11) is 0. The van der Waals surface area contributed by atoms with Gasteiger partial charge in [-0.3, -0.25) is 0 Å². The Balaban J connectivity index is 1.91. The molecule has 5 nitrogen and oxygen atoms in total. The van der Waals surface area contributed by atoms with Crippen LogP contribution >= 0.6 is 0 Å². The topological polar surface area (TPSA) is 67.4 Å². The number of rotatable bonds is 5. The van der Waals surface area contributed by atoms with Crippen molar-refractivity contribution in [3.63, 3.8) is 0 Å². The zero-order chi connectivity index (χ0) is 16.7. The molecular weight excluding hydrogens is 292 g/mol. The molecule has 0 bridgehead atoms. The molecule has 0 radical (unpaired) electrons. The van der Waals surface area contributed by atoms with E-state index in [-0.39, 0.29) is 18.0 Å². The van der Waals surface area contributed by atoms with Crippen molar-refractivity contribution in [3.8, 4) is 0 Å². The van der Waals surface area contributed by atoms with E-state index in [1.165, 1.54) is 0 Å². The molecule has 120 valence electrons. The first kappa shape index (κ1) is 16.5. The Hall–Kier alpha value is -2.82. The van der Waals surface area contributed by atoms with E-state index in [1.54, 1.807) is 31.2 Å². The summed E-state index contributed by atoms with van der Waals surface area (Å²) >= 11 is 0. The number of benzene rings is 2. The van der Waals surface area contributed by atoms with Crippen molar-refractivity contribution in [2.45, 2.75) is 19.9 Å². The molecule has 1 atom stereocenters. The lowest BCUT2D eigenvalue weighted by molar-refractivity contribution is 0.0526. The fourth-order valence-electron chi connectivity index (χ4n) is 2.09. The van der Waals surface area contributed by atoms with Crippen molar-refractivity contribution in [2.24, 2.45) is 0 Å². The van der Waals surface area contributed by atoms with Gasteiger partial charge in [0.1, 0.15) is 0 Å². The number of esters is 1. The number of carbonyl (C=O) groups excluding carboxylic acids is 2. The predicted molar refractivity (Wildman–Crippen MR) is 89.4 cm³/mol. The highest BCUT2D eigenvalue weighted by molar-refractivity contribution is 5.92. The Kier molecular flexibility index (Phi) is 5.74. The van der Waals surface area contributed by atoms with E-state index in [4.69, 9.17) is 4.74 Å². The van der Waals surface area contributed by atoms with E-state index in [2.05, 4.69) is 10.6 Å². The van der Waals surface area contributed by atoms with Crippen LogP contribution in [-0.4, -0.2) is 18.6 Å². The van der Waals surface area contributed by atoms with Crippen LogP contribution in [0.1, 0.15) is 35.8 Å². The molecule has 0 aromatic heterocycles. The number of ether oxygens (including phenoxy) is 1. The summed E-state index contributed by atoms with van der Waals surface area (Å²) < 4.78 is 4.91. The molecule has 0 fully saturated rings. The molecule has 0 aliphatic carbocycles. The third kappa shape index (κ3) is 4.85. The molecule has 2 aromatic rings. The second-order valence-electron chi connectivity index (χ2n) is 5.03. The lowest BCUT2D eigenvalue weighted by atomic mass is 10.1. The normalized spacial score (nSPS) is 11.4. The first-order chi connectivity index (χ1) is 11.1. The lowest BCUT2D eigenvalue weighted by Gasteiger charge is -2.15. The van der Waals surface area contributed by atoms with Crippen LogP contribution in [0.4, 0.5) is 10.5 Å². The fraction of sp³-hybridized carbons (Fsp3) is 0.222. The largest absolute Gasteiger partial charge is 0.462 e. The molecule has 2 rings (SSSR count). The minimum atomic E-state index is -0.374. The maximum Gasteiger partial charge on any atom is 0.338 e. The Morgan fingerprint density at radius 2 is 1.70 bits per heavy atom. The molecule has 0 unspecified atom stereocenters. The molecule has 2 amide bonds. The van der Waals surface area contributed by atoms with Crippen molar-refractivity contribution in [1.29, 1.82) is 0 Å². The molecule has 0 aliphatic rings. The molecule has 0 spiro atoms. The highest BCUT2D eigenvalue weighted by Gasteiger charge is 2.10. The summed E-state index contributed by atoms with van der Waals surface area (Å²) in [5.74, 6) is -0.374.